The van der Waals surface area contributed by atoms with E-state index in [9.17, 15) is 19.5 Å². The number of esters is 2. The van der Waals surface area contributed by atoms with E-state index in [2.05, 4.69) is 172 Å². The van der Waals surface area contributed by atoms with Gasteiger partial charge in [-0.1, -0.05) is 204 Å². The van der Waals surface area contributed by atoms with Crippen molar-refractivity contribution in [3.63, 3.8) is 0 Å². The summed E-state index contributed by atoms with van der Waals surface area (Å²) in [6.07, 6.45) is 79.0. The Balaban J connectivity index is 4.34. The number of hydrogen-bond donors (Lipinski definition) is 1. The third-order valence-corrected chi connectivity index (χ3v) is 11.3. The average molecular weight is 1040 g/mol. The van der Waals surface area contributed by atoms with Crippen LogP contribution in [0.1, 0.15) is 181 Å². The SMILES string of the molecule is CC/C=C\C/C=C\C/C=C\C/C=C\C/C=C\C/C=C\C/C=C\C/C=C\C/C=C\C/C=C\CCCCCCC(=O)OC(COC(=O)CCCCCCC/C=C\C/C=C\C/C=C\CC)COC(OCC[N+](C)(C)C)C(=O)O. The highest BCUT2D eigenvalue weighted by Crippen LogP contribution is 2.12. The van der Waals surface area contributed by atoms with Gasteiger partial charge in [-0.05, 0) is 122 Å². The molecule has 0 bridgehead atoms. The lowest BCUT2D eigenvalue weighted by molar-refractivity contribution is -0.870. The summed E-state index contributed by atoms with van der Waals surface area (Å²) in [5.41, 5.74) is 0. The predicted molar refractivity (Wildman–Crippen MR) is 317 cm³/mol. The van der Waals surface area contributed by atoms with E-state index in [0.717, 1.165) is 141 Å². The van der Waals surface area contributed by atoms with Gasteiger partial charge >= 0.3 is 17.9 Å². The highest BCUT2D eigenvalue weighted by molar-refractivity contribution is 5.71. The first-order chi connectivity index (χ1) is 36.6. The van der Waals surface area contributed by atoms with Gasteiger partial charge in [0, 0.05) is 12.8 Å². The van der Waals surface area contributed by atoms with E-state index in [1.165, 1.54) is 0 Å². The van der Waals surface area contributed by atoms with Crippen LogP contribution in [-0.2, 0) is 33.3 Å². The van der Waals surface area contributed by atoms with Gasteiger partial charge in [0.25, 0.3) is 6.29 Å². The van der Waals surface area contributed by atoms with Crippen molar-refractivity contribution in [2.45, 2.75) is 193 Å². The fourth-order valence-corrected chi connectivity index (χ4v) is 6.94. The Hall–Kier alpha value is -5.09. The maximum Gasteiger partial charge on any atom is 0.361 e. The van der Waals surface area contributed by atoms with Crippen LogP contribution in [0.4, 0.5) is 0 Å². The Bertz CT molecular complexity index is 1780. The molecule has 2 unspecified atom stereocenters. The van der Waals surface area contributed by atoms with Crippen molar-refractivity contribution in [3.8, 4) is 0 Å². The van der Waals surface area contributed by atoms with Crippen LogP contribution in [0.25, 0.3) is 0 Å². The molecule has 0 saturated carbocycles. The second kappa shape index (κ2) is 55.2. The van der Waals surface area contributed by atoms with Crippen LogP contribution in [0.3, 0.4) is 0 Å². The lowest BCUT2D eigenvalue weighted by Crippen LogP contribution is -2.40. The zero-order valence-electron chi connectivity index (χ0n) is 47.6. The van der Waals surface area contributed by atoms with Crippen molar-refractivity contribution in [1.29, 1.82) is 0 Å². The number of carbonyl (C=O) groups excluding carboxylic acids is 2. The average Bonchev–Trinajstić information content (AvgIpc) is 3.38. The molecule has 0 aromatic heterocycles. The smallest absolute Gasteiger partial charge is 0.361 e. The first kappa shape index (κ1) is 69.9. The second-order valence-electron chi connectivity index (χ2n) is 19.5. The van der Waals surface area contributed by atoms with Gasteiger partial charge in [0.2, 0.25) is 0 Å². The molecule has 0 rings (SSSR count). The number of likely N-dealkylation sites (N-methyl/N-ethyl adjacent to an activating group) is 1. The highest BCUT2D eigenvalue weighted by atomic mass is 16.7. The summed E-state index contributed by atoms with van der Waals surface area (Å²) in [7, 11) is 5.93. The van der Waals surface area contributed by atoms with Crippen LogP contribution in [0, 0.1) is 0 Å². The fourth-order valence-electron chi connectivity index (χ4n) is 6.94. The van der Waals surface area contributed by atoms with Crippen molar-refractivity contribution < 1.29 is 42.9 Å². The highest BCUT2D eigenvalue weighted by Gasteiger charge is 2.25. The summed E-state index contributed by atoms with van der Waals surface area (Å²) in [5.74, 6) is -2.09. The minimum atomic E-state index is -1.53. The molecule has 0 aliphatic carbocycles. The summed E-state index contributed by atoms with van der Waals surface area (Å²) in [4.78, 5) is 37.3. The number of nitrogens with zero attached hydrogens (tertiary/aromatic N) is 1. The van der Waals surface area contributed by atoms with Gasteiger partial charge in [-0.2, -0.15) is 0 Å². The quantitative estimate of drug-likeness (QED) is 0.0211. The Labute approximate surface area is 457 Å². The van der Waals surface area contributed by atoms with Crippen molar-refractivity contribution in [3.05, 3.63) is 158 Å². The molecular formula is C66H104NO8+. The Morgan fingerprint density at radius 2 is 0.720 bits per heavy atom. The molecular weight excluding hydrogens is 935 g/mol. The Kier molecular flexibility index (Phi) is 51.4. The van der Waals surface area contributed by atoms with Gasteiger partial charge in [0.05, 0.1) is 34.4 Å². The molecule has 0 aromatic carbocycles. The van der Waals surface area contributed by atoms with E-state index in [1.54, 1.807) is 0 Å². The molecule has 9 nitrogen and oxygen atoms in total. The maximum absolute atomic E-state index is 12.9. The molecule has 1 N–H and O–H groups in total. The normalized spacial score (nSPS) is 14.0. The fraction of sp³-hybridized carbons (Fsp3) is 0.561. The van der Waals surface area contributed by atoms with Crippen molar-refractivity contribution >= 4 is 17.9 Å². The van der Waals surface area contributed by atoms with E-state index >= 15 is 0 Å². The van der Waals surface area contributed by atoms with E-state index in [1.807, 2.05) is 21.1 Å². The third-order valence-electron chi connectivity index (χ3n) is 11.3. The molecule has 0 amide bonds. The number of quaternary nitrogens is 1. The molecule has 0 saturated heterocycles. The first-order valence-corrected chi connectivity index (χ1v) is 28.6. The minimum Gasteiger partial charge on any atom is -0.477 e. The molecule has 0 spiro atoms. The van der Waals surface area contributed by atoms with Crippen molar-refractivity contribution in [1.82, 2.24) is 0 Å². The molecule has 420 valence electrons. The molecule has 0 radical (unpaired) electrons. The van der Waals surface area contributed by atoms with Crippen LogP contribution >= 0.6 is 0 Å². The van der Waals surface area contributed by atoms with Crippen LogP contribution in [0.15, 0.2) is 158 Å². The molecule has 75 heavy (non-hydrogen) atoms. The topological polar surface area (TPSA) is 108 Å². The lowest BCUT2D eigenvalue weighted by Gasteiger charge is -2.25. The first-order valence-electron chi connectivity index (χ1n) is 28.6. The van der Waals surface area contributed by atoms with Crippen LogP contribution in [0.5, 0.6) is 0 Å². The molecule has 9 heteroatoms. The lowest BCUT2D eigenvalue weighted by atomic mass is 10.1. The van der Waals surface area contributed by atoms with Crippen LogP contribution in [-0.4, -0.2) is 87.4 Å². The predicted octanol–water partition coefficient (Wildman–Crippen LogP) is 17.0. The number of carbonyl (C=O) groups is 3. The minimum absolute atomic E-state index is 0.170. The van der Waals surface area contributed by atoms with Gasteiger partial charge in [-0.25, -0.2) is 4.79 Å². The number of carboxylic acids is 1. The van der Waals surface area contributed by atoms with Gasteiger partial charge in [0.15, 0.2) is 6.10 Å². The second-order valence-corrected chi connectivity index (χ2v) is 19.5. The van der Waals surface area contributed by atoms with E-state index in [0.29, 0.717) is 23.9 Å². The molecule has 0 fully saturated rings. The zero-order chi connectivity index (χ0) is 54.8. The van der Waals surface area contributed by atoms with Crippen molar-refractivity contribution in [2.24, 2.45) is 0 Å². The third kappa shape index (κ3) is 56.5. The number of carboxylic acid groups (broad SMARTS) is 1. The maximum atomic E-state index is 12.9. The number of ether oxygens (including phenoxy) is 4. The van der Waals surface area contributed by atoms with Crippen LogP contribution < -0.4 is 0 Å². The van der Waals surface area contributed by atoms with Crippen molar-refractivity contribution in [2.75, 3.05) is 47.5 Å². The summed E-state index contributed by atoms with van der Waals surface area (Å²) < 4.78 is 22.8. The van der Waals surface area contributed by atoms with Gasteiger partial charge in [0.1, 0.15) is 13.2 Å². The zero-order valence-corrected chi connectivity index (χ0v) is 47.6. The summed E-state index contributed by atoms with van der Waals surface area (Å²) >= 11 is 0. The van der Waals surface area contributed by atoms with Gasteiger partial charge in [-0.3, -0.25) is 9.59 Å². The summed E-state index contributed by atoms with van der Waals surface area (Å²) in [6.45, 7) is 4.56. The molecule has 0 heterocycles. The van der Waals surface area contributed by atoms with E-state index < -0.39 is 24.3 Å². The number of aliphatic carboxylic acids is 1. The number of rotatable bonds is 50. The van der Waals surface area contributed by atoms with E-state index in [-0.39, 0.29) is 38.6 Å². The van der Waals surface area contributed by atoms with E-state index in [4.69, 9.17) is 18.9 Å². The summed E-state index contributed by atoms with van der Waals surface area (Å²) in [6, 6.07) is 0. The molecule has 0 aliphatic rings. The standard InChI is InChI=1S/C66H103NO8/c1-6-8-10-12-14-16-18-20-22-23-24-25-26-27-28-29-30-31-32-33-34-35-36-37-38-39-40-41-43-45-47-49-51-53-55-57-64(69)75-62(61-74-66(65(70)71)72-59-58-67(3,4)5)60-73-63(68)56-54-52-50-48-46-44-42-21-19-17-15-13-11-9-7-2/h8-11,14-17,20-22,24-25,27-28,30-31,33-34,36-37,39-40,42-43,45,62,66H,6-7,12-13,18-19,23,26,29,32,35,38,41,44,46-61H2,1-5H3/p+1/b10-8-,11-9-,16-14-,17-15-,22-20-,25-24-,28-27-,31-30-,34-33-,37-36-,40-39-,42-21-,45-43-. The largest absolute Gasteiger partial charge is 0.477 e. The summed E-state index contributed by atoms with van der Waals surface area (Å²) in [5, 5.41) is 9.69. The van der Waals surface area contributed by atoms with Gasteiger partial charge < -0.3 is 28.5 Å². The Morgan fingerprint density at radius 1 is 0.400 bits per heavy atom. The number of allylic oxidation sites excluding steroid dienone is 26. The number of hydrogen-bond acceptors (Lipinski definition) is 7. The van der Waals surface area contributed by atoms with Gasteiger partial charge in [-0.15, -0.1) is 0 Å². The Morgan fingerprint density at radius 3 is 1.07 bits per heavy atom. The molecule has 0 aliphatic heterocycles. The molecule has 0 aromatic rings. The van der Waals surface area contributed by atoms with Crippen LogP contribution in [0.2, 0.25) is 0 Å². The molecule has 2 atom stereocenters. The monoisotopic (exact) mass is 1040 g/mol. The number of unbranched alkanes of at least 4 members (excludes halogenated alkanes) is 9.